The van der Waals surface area contributed by atoms with Crippen molar-refractivity contribution in [3.05, 3.63) is 23.1 Å². The number of hydrogen-bond acceptors (Lipinski definition) is 3. The van der Waals surface area contributed by atoms with Crippen LogP contribution in [0.1, 0.15) is 19.1 Å². The van der Waals surface area contributed by atoms with Crippen molar-refractivity contribution in [1.29, 1.82) is 0 Å². The van der Waals surface area contributed by atoms with Gasteiger partial charge in [-0.2, -0.15) is 0 Å². The van der Waals surface area contributed by atoms with Crippen LogP contribution in [0.25, 0.3) is 0 Å². The molecule has 1 rings (SSSR count). The highest BCUT2D eigenvalue weighted by atomic mass is 35.5. The third kappa shape index (κ3) is 4.13. The molecule has 0 aromatic carbocycles. The van der Waals surface area contributed by atoms with E-state index in [9.17, 15) is 0 Å². The second-order valence-corrected chi connectivity index (χ2v) is 3.83. The molecule has 1 atom stereocenters. The second-order valence-electron chi connectivity index (χ2n) is 3.45. The first-order chi connectivity index (χ1) is 6.72. The van der Waals surface area contributed by atoms with Gasteiger partial charge in [-0.3, -0.25) is 0 Å². The second kappa shape index (κ2) is 6.06. The Kier molecular flexibility index (Phi) is 5.01. The summed E-state index contributed by atoms with van der Waals surface area (Å²) >= 11 is 5.62. The Hall–Kier alpha value is -0.510. The average Bonchev–Trinajstić information content (AvgIpc) is 2.52. The summed E-state index contributed by atoms with van der Waals surface area (Å²) in [4.78, 5) is 0. The summed E-state index contributed by atoms with van der Waals surface area (Å²) in [5.41, 5.74) is 0. The zero-order valence-corrected chi connectivity index (χ0v) is 9.05. The molecule has 0 saturated heterocycles. The molecule has 14 heavy (non-hydrogen) atoms. The quantitative estimate of drug-likeness (QED) is 0.767. The molecule has 0 aliphatic heterocycles. The van der Waals surface area contributed by atoms with Gasteiger partial charge in [-0.1, -0.05) is 6.92 Å². The average molecular weight is 218 g/mol. The summed E-state index contributed by atoms with van der Waals surface area (Å²) in [6.45, 7) is 3.90. The molecular weight excluding hydrogens is 202 g/mol. The zero-order valence-electron chi connectivity index (χ0n) is 8.29. The molecule has 0 amide bonds. The van der Waals surface area contributed by atoms with Gasteiger partial charge in [0, 0.05) is 6.61 Å². The van der Waals surface area contributed by atoms with Gasteiger partial charge in [0.1, 0.15) is 5.76 Å². The number of aliphatic hydroxyl groups excluding tert-OH is 1. The van der Waals surface area contributed by atoms with Gasteiger partial charge in [-0.05, 0) is 42.6 Å². The number of halogens is 1. The van der Waals surface area contributed by atoms with Crippen molar-refractivity contribution in [1.82, 2.24) is 5.32 Å². The van der Waals surface area contributed by atoms with E-state index in [0.29, 0.717) is 17.7 Å². The van der Waals surface area contributed by atoms with E-state index in [1.165, 1.54) is 0 Å². The monoisotopic (exact) mass is 217 g/mol. The Balaban J connectivity index is 2.15. The first-order valence-corrected chi connectivity index (χ1v) is 5.16. The fourth-order valence-corrected chi connectivity index (χ4v) is 1.37. The van der Waals surface area contributed by atoms with E-state index in [2.05, 4.69) is 12.2 Å². The molecule has 80 valence electrons. The molecular formula is C10H16ClNO2. The molecule has 2 N–H and O–H groups in total. The van der Waals surface area contributed by atoms with Gasteiger partial charge in [-0.25, -0.2) is 0 Å². The molecule has 0 aliphatic carbocycles. The maximum Gasteiger partial charge on any atom is 0.193 e. The van der Waals surface area contributed by atoms with E-state index >= 15 is 0 Å². The van der Waals surface area contributed by atoms with Gasteiger partial charge in [0.2, 0.25) is 0 Å². The molecule has 4 heteroatoms. The van der Waals surface area contributed by atoms with Crippen LogP contribution < -0.4 is 5.32 Å². The molecule has 0 saturated carbocycles. The molecule has 1 aromatic rings. The van der Waals surface area contributed by atoms with Crippen molar-refractivity contribution >= 4 is 11.6 Å². The summed E-state index contributed by atoms with van der Waals surface area (Å²) in [6.07, 6.45) is 0.825. The molecule has 0 aliphatic rings. The third-order valence-electron chi connectivity index (χ3n) is 2.04. The highest BCUT2D eigenvalue weighted by Gasteiger charge is 2.02. The van der Waals surface area contributed by atoms with Crippen LogP contribution in [0.5, 0.6) is 0 Å². The normalized spacial score (nSPS) is 13.1. The third-order valence-corrected chi connectivity index (χ3v) is 2.25. The number of hydrogen-bond donors (Lipinski definition) is 2. The lowest BCUT2D eigenvalue weighted by Gasteiger charge is -2.09. The van der Waals surface area contributed by atoms with Crippen LogP contribution in [-0.4, -0.2) is 18.3 Å². The molecule has 0 radical (unpaired) electrons. The highest BCUT2D eigenvalue weighted by Crippen LogP contribution is 2.12. The van der Waals surface area contributed by atoms with E-state index in [4.69, 9.17) is 21.1 Å². The Morgan fingerprint density at radius 1 is 1.57 bits per heavy atom. The topological polar surface area (TPSA) is 45.4 Å². The van der Waals surface area contributed by atoms with E-state index in [-0.39, 0.29) is 6.61 Å². The lowest BCUT2D eigenvalue weighted by molar-refractivity contribution is 0.259. The summed E-state index contributed by atoms with van der Waals surface area (Å²) in [5, 5.41) is 12.4. The first-order valence-electron chi connectivity index (χ1n) is 4.78. The van der Waals surface area contributed by atoms with Gasteiger partial charge in [0.25, 0.3) is 0 Å². The van der Waals surface area contributed by atoms with Crippen molar-refractivity contribution in [3.63, 3.8) is 0 Å². The SMILES string of the molecule is CC(CCO)CNCc1ccc(Cl)o1. The van der Waals surface area contributed by atoms with Crippen LogP contribution in [0, 0.1) is 5.92 Å². The molecule has 0 spiro atoms. The largest absolute Gasteiger partial charge is 0.448 e. The van der Waals surface area contributed by atoms with Crippen LogP contribution in [0.4, 0.5) is 0 Å². The van der Waals surface area contributed by atoms with Gasteiger partial charge in [-0.15, -0.1) is 0 Å². The Bertz CT molecular complexity index is 262. The van der Waals surface area contributed by atoms with Crippen molar-refractivity contribution in [3.8, 4) is 0 Å². The molecule has 3 nitrogen and oxygen atoms in total. The van der Waals surface area contributed by atoms with E-state index in [0.717, 1.165) is 18.7 Å². The molecule has 1 unspecified atom stereocenters. The highest BCUT2D eigenvalue weighted by molar-refractivity contribution is 6.28. The zero-order chi connectivity index (χ0) is 10.4. The van der Waals surface area contributed by atoms with E-state index < -0.39 is 0 Å². The predicted molar refractivity (Wildman–Crippen MR) is 56.3 cm³/mol. The number of nitrogens with one attached hydrogen (secondary N) is 1. The van der Waals surface area contributed by atoms with Gasteiger partial charge >= 0.3 is 0 Å². The fraction of sp³-hybridized carbons (Fsp3) is 0.600. The van der Waals surface area contributed by atoms with Crippen molar-refractivity contribution in [2.75, 3.05) is 13.2 Å². The molecule has 1 aromatic heterocycles. The maximum absolute atomic E-state index is 8.69. The van der Waals surface area contributed by atoms with E-state index in [1.54, 1.807) is 6.07 Å². The van der Waals surface area contributed by atoms with Gasteiger partial charge < -0.3 is 14.8 Å². The van der Waals surface area contributed by atoms with Gasteiger partial charge in [0.15, 0.2) is 5.22 Å². The number of aliphatic hydroxyl groups is 1. The minimum Gasteiger partial charge on any atom is -0.448 e. The molecule has 1 heterocycles. The predicted octanol–water partition coefficient (Wildman–Crippen LogP) is 2.04. The minimum absolute atomic E-state index is 0.245. The fourth-order valence-electron chi connectivity index (χ4n) is 1.21. The van der Waals surface area contributed by atoms with Gasteiger partial charge in [0.05, 0.1) is 6.54 Å². The summed E-state index contributed by atoms with van der Waals surface area (Å²) in [6, 6.07) is 3.59. The van der Waals surface area contributed by atoms with Crippen molar-refractivity contribution in [2.24, 2.45) is 5.92 Å². The summed E-state index contributed by atoms with van der Waals surface area (Å²) in [7, 11) is 0. The lowest BCUT2D eigenvalue weighted by atomic mass is 10.1. The lowest BCUT2D eigenvalue weighted by Crippen LogP contribution is -2.21. The van der Waals surface area contributed by atoms with Crippen LogP contribution in [-0.2, 0) is 6.54 Å². The minimum atomic E-state index is 0.245. The van der Waals surface area contributed by atoms with Crippen LogP contribution in [0.15, 0.2) is 16.5 Å². The van der Waals surface area contributed by atoms with Crippen LogP contribution >= 0.6 is 11.6 Å². The smallest absolute Gasteiger partial charge is 0.193 e. The molecule has 0 bridgehead atoms. The van der Waals surface area contributed by atoms with Crippen LogP contribution in [0.3, 0.4) is 0 Å². The standard InChI is InChI=1S/C10H16ClNO2/c1-8(4-5-13)6-12-7-9-2-3-10(11)14-9/h2-3,8,12-13H,4-7H2,1H3. The summed E-state index contributed by atoms with van der Waals surface area (Å²) in [5.74, 6) is 1.32. The number of rotatable bonds is 6. The van der Waals surface area contributed by atoms with Crippen molar-refractivity contribution < 1.29 is 9.52 Å². The molecule has 0 fully saturated rings. The van der Waals surface area contributed by atoms with E-state index in [1.807, 2.05) is 6.07 Å². The van der Waals surface area contributed by atoms with Crippen molar-refractivity contribution in [2.45, 2.75) is 19.9 Å². The Morgan fingerprint density at radius 2 is 2.36 bits per heavy atom. The first kappa shape index (κ1) is 11.6. The Morgan fingerprint density at radius 3 is 2.93 bits per heavy atom. The summed E-state index contributed by atoms with van der Waals surface area (Å²) < 4.78 is 5.18. The van der Waals surface area contributed by atoms with Crippen LogP contribution in [0.2, 0.25) is 5.22 Å². The number of furan rings is 1. The maximum atomic E-state index is 8.69. The Labute approximate surface area is 89.1 Å².